The van der Waals surface area contributed by atoms with Crippen molar-refractivity contribution in [3.05, 3.63) is 235 Å². The van der Waals surface area contributed by atoms with Crippen LogP contribution in [0.2, 0.25) is 0 Å². The largest absolute Gasteiger partial charge is 0.311 e. The zero-order chi connectivity index (χ0) is 41.5. The van der Waals surface area contributed by atoms with Crippen molar-refractivity contribution in [3.8, 4) is 55.6 Å². The van der Waals surface area contributed by atoms with Crippen LogP contribution in [0.25, 0.3) is 77.2 Å². The van der Waals surface area contributed by atoms with Crippen LogP contribution in [0.4, 0.5) is 17.1 Å². The first-order valence-electron chi connectivity index (χ1n) is 21.2. The van der Waals surface area contributed by atoms with E-state index >= 15 is 0 Å². The van der Waals surface area contributed by atoms with Crippen molar-refractivity contribution >= 4 is 38.6 Å². The lowest BCUT2D eigenvalue weighted by Gasteiger charge is -2.26. The van der Waals surface area contributed by atoms with Crippen LogP contribution in [0.3, 0.4) is 0 Å². The van der Waals surface area contributed by atoms with Crippen LogP contribution in [0.15, 0.2) is 212 Å². The van der Waals surface area contributed by atoms with E-state index in [1.807, 2.05) is 0 Å². The molecule has 10 aromatic rings. The maximum atomic E-state index is 2.37. The Balaban J connectivity index is 1.04. The zero-order valence-corrected chi connectivity index (χ0v) is 35.2. The predicted octanol–water partition coefficient (Wildman–Crippen LogP) is 17.0. The molecule has 0 unspecified atom stereocenters. The van der Waals surface area contributed by atoms with Crippen LogP contribution in [-0.2, 0) is 0 Å². The number of rotatable bonds is 8. The Bertz CT molecular complexity index is 3000. The Kier molecular flexibility index (Phi) is 9.87. The number of hydrogen-bond donors (Lipinski definition) is 0. The van der Waals surface area contributed by atoms with Crippen LogP contribution in [0.5, 0.6) is 0 Å². The SMILES string of the molecule is Cc1ccc(-c2ccc(-c3ccc(N(c4ccc(-c5ccc(C)cc5C)cc4)c4ccc(-c5ccc(-c6ccc(C)cc6)c6ccccc56)cc4)cc3)c3ccccc23)cc1. The molecule has 0 spiro atoms. The van der Waals surface area contributed by atoms with Gasteiger partial charge in [-0.3, -0.25) is 0 Å². The predicted molar refractivity (Wildman–Crippen MR) is 262 cm³/mol. The number of fused-ring (bicyclic) bond motifs is 2. The highest BCUT2D eigenvalue weighted by atomic mass is 15.1. The van der Waals surface area contributed by atoms with E-state index in [0.717, 1.165) is 17.1 Å². The first-order chi connectivity index (χ1) is 29.9. The Morgan fingerprint density at radius 2 is 0.508 bits per heavy atom. The normalized spacial score (nSPS) is 11.3. The van der Waals surface area contributed by atoms with E-state index in [2.05, 4.69) is 245 Å². The Labute approximate surface area is 359 Å². The Hall–Kier alpha value is -7.48. The summed E-state index contributed by atoms with van der Waals surface area (Å²) < 4.78 is 0. The first kappa shape index (κ1) is 37.8. The molecule has 0 fully saturated rings. The first-order valence-corrected chi connectivity index (χ1v) is 21.2. The van der Waals surface area contributed by atoms with Gasteiger partial charge in [0.05, 0.1) is 0 Å². The van der Waals surface area contributed by atoms with Gasteiger partial charge in [0.15, 0.2) is 0 Å². The van der Waals surface area contributed by atoms with Gasteiger partial charge in [-0.05, 0) is 147 Å². The van der Waals surface area contributed by atoms with Crippen molar-refractivity contribution < 1.29 is 0 Å². The second-order valence-corrected chi connectivity index (χ2v) is 16.4. The van der Waals surface area contributed by atoms with Crippen molar-refractivity contribution in [2.24, 2.45) is 0 Å². The monoisotopic (exact) mass is 781 g/mol. The van der Waals surface area contributed by atoms with E-state index in [1.165, 1.54) is 99.4 Å². The molecule has 0 aliphatic heterocycles. The number of aryl methyl sites for hydroxylation is 4. The summed E-state index contributed by atoms with van der Waals surface area (Å²) in [6.07, 6.45) is 0. The van der Waals surface area contributed by atoms with Gasteiger partial charge in [-0.1, -0.05) is 193 Å². The third kappa shape index (κ3) is 7.30. The van der Waals surface area contributed by atoms with Crippen LogP contribution >= 0.6 is 0 Å². The summed E-state index contributed by atoms with van der Waals surface area (Å²) in [7, 11) is 0. The molecule has 0 saturated heterocycles. The van der Waals surface area contributed by atoms with E-state index in [9.17, 15) is 0 Å². The zero-order valence-electron chi connectivity index (χ0n) is 35.2. The van der Waals surface area contributed by atoms with Crippen LogP contribution < -0.4 is 4.90 Å². The fourth-order valence-electron chi connectivity index (χ4n) is 9.03. The van der Waals surface area contributed by atoms with Gasteiger partial charge < -0.3 is 4.90 Å². The van der Waals surface area contributed by atoms with Crippen molar-refractivity contribution in [3.63, 3.8) is 0 Å². The van der Waals surface area contributed by atoms with Gasteiger partial charge in [0.2, 0.25) is 0 Å². The third-order valence-electron chi connectivity index (χ3n) is 12.3. The number of benzene rings is 10. The molecule has 10 aromatic carbocycles. The average Bonchev–Trinajstić information content (AvgIpc) is 3.30. The fourth-order valence-corrected chi connectivity index (χ4v) is 9.03. The van der Waals surface area contributed by atoms with Crippen molar-refractivity contribution in [1.29, 1.82) is 0 Å². The molecule has 1 heteroatoms. The number of anilines is 3. The van der Waals surface area contributed by atoms with Gasteiger partial charge >= 0.3 is 0 Å². The van der Waals surface area contributed by atoms with Crippen molar-refractivity contribution in [1.82, 2.24) is 0 Å². The van der Waals surface area contributed by atoms with Crippen molar-refractivity contribution in [2.75, 3.05) is 4.90 Å². The summed E-state index contributed by atoms with van der Waals surface area (Å²) >= 11 is 0. The van der Waals surface area contributed by atoms with E-state index < -0.39 is 0 Å². The van der Waals surface area contributed by atoms with Gasteiger partial charge in [-0.2, -0.15) is 0 Å². The van der Waals surface area contributed by atoms with E-state index in [-0.39, 0.29) is 0 Å². The molecule has 0 saturated carbocycles. The third-order valence-corrected chi connectivity index (χ3v) is 12.3. The maximum Gasteiger partial charge on any atom is 0.0462 e. The number of hydrogen-bond acceptors (Lipinski definition) is 1. The molecule has 0 bridgehead atoms. The minimum Gasteiger partial charge on any atom is -0.311 e. The van der Waals surface area contributed by atoms with Crippen LogP contribution in [0, 0.1) is 27.7 Å². The van der Waals surface area contributed by atoms with Gasteiger partial charge in [-0.25, -0.2) is 0 Å². The van der Waals surface area contributed by atoms with Gasteiger partial charge in [0.25, 0.3) is 0 Å². The summed E-state index contributed by atoms with van der Waals surface area (Å²) in [6.45, 7) is 8.63. The Morgan fingerprint density at radius 1 is 0.246 bits per heavy atom. The van der Waals surface area contributed by atoms with Crippen LogP contribution in [-0.4, -0.2) is 0 Å². The maximum absolute atomic E-state index is 2.37. The summed E-state index contributed by atoms with van der Waals surface area (Å²) in [4.78, 5) is 2.37. The second-order valence-electron chi connectivity index (χ2n) is 16.4. The minimum atomic E-state index is 1.10. The molecule has 0 radical (unpaired) electrons. The Morgan fingerprint density at radius 3 is 0.820 bits per heavy atom. The summed E-state index contributed by atoms with van der Waals surface area (Å²) in [5.74, 6) is 0. The van der Waals surface area contributed by atoms with E-state index in [4.69, 9.17) is 0 Å². The highest BCUT2D eigenvalue weighted by Gasteiger charge is 2.17. The lowest BCUT2D eigenvalue weighted by molar-refractivity contribution is 1.28. The molecule has 0 N–H and O–H groups in total. The average molecular weight is 782 g/mol. The minimum absolute atomic E-state index is 1.10. The molecule has 0 atom stereocenters. The molecule has 292 valence electrons. The molecule has 10 rings (SSSR count). The van der Waals surface area contributed by atoms with Crippen LogP contribution in [0.1, 0.15) is 22.3 Å². The lowest BCUT2D eigenvalue weighted by atomic mass is 9.91. The molecule has 1 nitrogen and oxygen atoms in total. The highest BCUT2D eigenvalue weighted by Crippen LogP contribution is 2.42. The number of nitrogens with zero attached hydrogens (tertiary/aromatic N) is 1. The summed E-state index contributed by atoms with van der Waals surface area (Å²) in [5.41, 5.74) is 20.7. The smallest absolute Gasteiger partial charge is 0.0462 e. The van der Waals surface area contributed by atoms with E-state index in [0.29, 0.717) is 0 Å². The molecular weight excluding hydrogens is 735 g/mol. The van der Waals surface area contributed by atoms with E-state index in [1.54, 1.807) is 0 Å². The summed E-state index contributed by atoms with van der Waals surface area (Å²) in [5, 5.41) is 5.02. The molecule has 61 heavy (non-hydrogen) atoms. The molecule has 0 aromatic heterocycles. The molecule has 0 heterocycles. The molecular formula is C60H47N. The fraction of sp³-hybridized carbons (Fsp3) is 0.0667. The highest BCUT2D eigenvalue weighted by molar-refractivity contribution is 6.06. The molecule has 0 aliphatic carbocycles. The van der Waals surface area contributed by atoms with Gasteiger partial charge in [-0.15, -0.1) is 0 Å². The van der Waals surface area contributed by atoms with Crippen molar-refractivity contribution in [2.45, 2.75) is 27.7 Å². The topological polar surface area (TPSA) is 3.24 Å². The van der Waals surface area contributed by atoms with Gasteiger partial charge in [0.1, 0.15) is 0 Å². The van der Waals surface area contributed by atoms with Gasteiger partial charge in [0, 0.05) is 17.1 Å². The summed E-state index contributed by atoms with van der Waals surface area (Å²) in [6, 6.07) is 78.3. The molecule has 0 aliphatic rings. The molecule has 0 amide bonds. The lowest BCUT2D eigenvalue weighted by Crippen LogP contribution is -2.09. The second kappa shape index (κ2) is 15.9. The quantitative estimate of drug-likeness (QED) is 0.148. The standard InChI is InChI=1S/C60H47N/c1-40-13-18-45(19-14-40)53-35-37-55(59-11-7-5-9-57(53)59)47-24-30-50(31-25-47)61(49-28-22-44(23-29-49)52-34-17-42(3)39-43(52)4)51-32-26-48(27-33-51)56-38-36-54(46-20-15-41(2)16-21-46)58-10-6-8-12-60(56)58/h5-39H,1-4H3.